The van der Waals surface area contributed by atoms with E-state index >= 15 is 0 Å². The Bertz CT molecular complexity index is 514. The van der Waals surface area contributed by atoms with Gasteiger partial charge in [-0.3, -0.25) is 0 Å². The molecule has 106 valence electrons. The Morgan fingerprint density at radius 1 is 1.10 bits per heavy atom. The zero-order valence-electron chi connectivity index (χ0n) is 11.9. The van der Waals surface area contributed by atoms with Crippen LogP contribution >= 0.6 is 0 Å². The van der Waals surface area contributed by atoms with Crippen LogP contribution in [0.4, 0.5) is 11.8 Å². The Balaban J connectivity index is 1.86. The summed E-state index contributed by atoms with van der Waals surface area (Å²) in [6, 6.07) is 10.1. The molecule has 2 rings (SSSR count). The summed E-state index contributed by atoms with van der Waals surface area (Å²) >= 11 is 0. The number of likely N-dealkylation sites (N-methyl/N-ethyl adjacent to an activating group) is 1. The van der Waals surface area contributed by atoms with Crippen molar-refractivity contribution in [1.29, 1.82) is 0 Å². The molecule has 0 saturated heterocycles. The molecular formula is C14H20N6. The number of nitrogens with one attached hydrogen (secondary N) is 2. The summed E-state index contributed by atoms with van der Waals surface area (Å²) in [5.41, 5.74) is 1.18. The first-order valence-electron chi connectivity index (χ1n) is 6.60. The Hall–Kier alpha value is -2.21. The molecular weight excluding hydrogens is 252 g/mol. The molecule has 1 aromatic heterocycles. The van der Waals surface area contributed by atoms with E-state index in [1.54, 1.807) is 6.20 Å². The second-order valence-electron chi connectivity index (χ2n) is 4.73. The van der Waals surface area contributed by atoms with Crippen molar-refractivity contribution >= 4 is 11.8 Å². The molecule has 6 heteroatoms. The van der Waals surface area contributed by atoms with Crippen molar-refractivity contribution in [3.63, 3.8) is 0 Å². The number of nitrogens with zero attached hydrogens (tertiary/aromatic N) is 4. The second-order valence-corrected chi connectivity index (χ2v) is 4.73. The van der Waals surface area contributed by atoms with Crippen LogP contribution in [0, 0.1) is 0 Å². The van der Waals surface area contributed by atoms with E-state index in [4.69, 9.17) is 0 Å². The molecule has 0 unspecified atom stereocenters. The van der Waals surface area contributed by atoms with Crippen LogP contribution in [0.2, 0.25) is 0 Å². The van der Waals surface area contributed by atoms with E-state index in [1.165, 1.54) is 5.56 Å². The third kappa shape index (κ3) is 4.81. The van der Waals surface area contributed by atoms with Gasteiger partial charge in [0.25, 0.3) is 0 Å². The van der Waals surface area contributed by atoms with Gasteiger partial charge in [0.2, 0.25) is 5.95 Å². The Morgan fingerprint density at radius 3 is 2.65 bits per heavy atom. The molecule has 1 heterocycles. The Morgan fingerprint density at radius 2 is 1.90 bits per heavy atom. The summed E-state index contributed by atoms with van der Waals surface area (Å²) in [7, 11) is 4.07. The van der Waals surface area contributed by atoms with Gasteiger partial charge in [0, 0.05) is 19.6 Å². The summed E-state index contributed by atoms with van der Waals surface area (Å²) in [6.45, 7) is 2.45. The lowest BCUT2D eigenvalue weighted by Gasteiger charge is -2.11. The van der Waals surface area contributed by atoms with Gasteiger partial charge in [-0.1, -0.05) is 30.3 Å². The number of hydrogen-bond donors (Lipinski definition) is 2. The molecule has 6 nitrogen and oxygen atoms in total. The normalized spacial score (nSPS) is 10.6. The van der Waals surface area contributed by atoms with Gasteiger partial charge in [-0.25, -0.2) is 0 Å². The molecule has 2 N–H and O–H groups in total. The number of rotatable bonds is 7. The van der Waals surface area contributed by atoms with E-state index < -0.39 is 0 Å². The van der Waals surface area contributed by atoms with Gasteiger partial charge in [0.1, 0.15) is 0 Å². The number of aromatic nitrogens is 3. The standard InChI is InChI=1S/C14H20N6/c1-20(2)9-8-15-13-11-17-19-14(18-13)16-10-12-6-4-3-5-7-12/h3-7,11H,8-10H2,1-2H3,(H2,15,16,18,19). The molecule has 0 saturated carbocycles. The monoisotopic (exact) mass is 272 g/mol. The van der Waals surface area contributed by atoms with Crippen molar-refractivity contribution < 1.29 is 0 Å². The van der Waals surface area contributed by atoms with Crippen LogP contribution < -0.4 is 10.6 Å². The number of hydrogen-bond acceptors (Lipinski definition) is 6. The smallest absolute Gasteiger partial charge is 0.244 e. The van der Waals surface area contributed by atoms with E-state index in [9.17, 15) is 0 Å². The van der Waals surface area contributed by atoms with Crippen molar-refractivity contribution in [1.82, 2.24) is 20.1 Å². The SMILES string of the molecule is CN(C)CCNc1cnnc(NCc2ccccc2)n1. The van der Waals surface area contributed by atoms with Gasteiger partial charge in [0.15, 0.2) is 5.82 Å². The molecule has 1 aromatic carbocycles. The maximum absolute atomic E-state index is 4.37. The largest absolute Gasteiger partial charge is 0.367 e. The summed E-state index contributed by atoms with van der Waals surface area (Å²) in [6.07, 6.45) is 1.63. The molecule has 0 radical (unpaired) electrons. The number of anilines is 2. The third-order valence-corrected chi connectivity index (χ3v) is 2.72. The summed E-state index contributed by atoms with van der Waals surface area (Å²) in [4.78, 5) is 6.48. The predicted octanol–water partition coefficient (Wildman–Crippen LogP) is 1.46. The molecule has 0 aliphatic carbocycles. The van der Waals surface area contributed by atoms with Crippen LogP contribution in [-0.4, -0.2) is 47.3 Å². The maximum atomic E-state index is 4.37. The minimum absolute atomic E-state index is 0.531. The summed E-state index contributed by atoms with van der Waals surface area (Å²) < 4.78 is 0. The topological polar surface area (TPSA) is 66.0 Å². The highest BCUT2D eigenvalue weighted by Gasteiger charge is 2.00. The third-order valence-electron chi connectivity index (χ3n) is 2.72. The Labute approximate surface area is 119 Å². The van der Waals surface area contributed by atoms with Crippen LogP contribution in [0.3, 0.4) is 0 Å². The lowest BCUT2D eigenvalue weighted by molar-refractivity contribution is 0.425. The fourth-order valence-electron chi connectivity index (χ4n) is 1.65. The van der Waals surface area contributed by atoms with Gasteiger partial charge < -0.3 is 15.5 Å². The lowest BCUT2D eigenvalue weighted by Crippen LogP contribution is -2.21. The zero-order chi connectivity index (χ0) is 14.2. The highest BCUT2D eigenvalue weighted by molar-refractivity contribution is 5.37. The molecule has 0 fully saturated rings. The first kappa shape index (κ1) is 14.2. The molecule has 0 atom stereocenters. The predicted molar refractivity (Wildman–Crippen MR) is 80.6 cm³/mol. The molecule has 0 amide bonds. The van der Waals surface area contributed by atoms with Crippen LogP contribution in [-0.2, 0) is 6.54 Å². The molecule has 0 spiro atoms. The molecule has 0 aliphatic heterocycles. The fourth-order valence-corrected chi connectivity index (χ4v) is 1.65. The van der Waals surface area contributed by atoms with Crippen molar-refractivity contribution in [2.75, 3.05) is 37.8 Å². The van der Waals surface area contributed by atoms with Gasteiger partial charge in [-0.15, -0.1) is 5.10 Å². The summed E-state index contributed by atoms with van der Waals surface area (Å²) in [5.74, 6) is 1.26. The van der Waals surface area contributed by atoms with Gasteiger partial charge in [-0.05, 0) is 19.7 Å². The van der Waals surface area contributed by atoms with Crippen LogP contribution in [0.5, 0.6) is 0 Å². The van der Waals surface area contributed by atoms with E-state index in [1.807, 2.05) is 32.3 Å². The lowest BCUT2D eigenvalue weighted by atomic mass is 10.2. The minimum Gasteiger partial charge on any atom is -0.367 e. The molecule has 0 aliphatic rings. The van der Waals surface area contributed by atoms with Crippen molar-refractivity contribution in [2.24, 2.45) is 0 Å². The first-order chi connectivity index (χ1) is 9.74. The first-order valence-corrected chi connectivity index (χ1v) is 6.60. The van der Waals surface area contributed by atoms with Crippen molar-refractivity contribution in [3.8, 4) is 0 Å². The van der Waals surface area contributed by atoms with Crippen LogP contribution in [0.25, 0.3) is 0 Å². The average molecular weight is 272 g/mol. The molecule has 20 heavy (non-hydrogen) atoms. The van der Waals surface area contributed by atoms with E-state index in [0.717, 1.165) is 18.9 Å². The van der Waals surface area contributed by atoms with Crippen molar-refractivity contribution in [2.45, 2.75) is 6.54 Å². The quantitative estimate of drug-likeness (QED) is 0.795. The van der Waals surface area contributed by atoms with Crippen LogP contribution in [0.1, 0.15) is 5.56 Å². The Kier molecular flexibility index (Phi) is 5.25. The van der Waals surface area contributed by atoms with Gasteiger partial charge in [-0.2, -0.15) is 10.1 Å². The highest BCUT2D eigenvalue weighted by Crippen LogP contribution is 2.05. The fraction of sp³-hybridized carbons (Fsp3) is 0.357. The van der Waals surface area contributed by atoms with E-state index in [0.29, 0.717) is 12.5 Å². The molecule has 2 aromatic rings. The van der Waals surface area contributed by atoms with E-state index in [2.05, 4.69) is 42.8 Å². The summed E-state index contributed by atoms with van der Waals surface area (Å²) in [5, 5.41) is 14.3. The maximum Gasteiger partial charge on any atom is 0.244 e. The van der Waals surface area contributed by atoms with Crippen molar-refractivity contribution in [3.05, 3.63) is 42.1 Å². The molecule has 0 bridgehead atoms. The zero-order valence-corrected chi connectivity index (χ0v) is 11.9. The average Bonchev–Trinajstić information content (AvgIpc) is 2.46. The number of benzene rings is 1. The highest BCUT2D eigenvalue weighted by atomic mass is 15.3. The minimum atomic E-state index is 0.531. The van der Waals surface area contributed by atoms with Gasteiger partial charge in [0.05, 0.1) is 6.20 Å². The second kappa shape index (κ2) is 7.40. The van der Waals surface area contributed by atoms with Crippen LogP contribution in [0.15, 0.2) is 36.5 Å². The van der Waals surface area contributed by atoms with E-state index in [-0.39, 0.29) is 0 Å². The van der Waals surface area contributed by atoms with Gasteiger partial charge >= 0.3 is 0 Å².